The molecule has 9 heteroatoms. The van der Waals surface area contributed by atoms with Crippen molar-refractivity contribution in [3.63, 3.8) is 0 Å². The maximum Gasteiger partial charge on any atom is 0.338 e. The molecule has 5 aromatic rings. The Morgan fingerprint density at radius 3 is 2.36 bits per heavy atom. The molecule has 1 atom stereocenters. The Kier molecular flexibility index (Phi) is 7.41. The number of hydrogen-bond donors (Lipinski definition) is 0. The van der Waals surface area contributed by atoms with Gasteiger partial charge >= 0.3 is 5.97 Å². The summed E-state index contributed by atoms with van der Waals surface area (Å²) >= 11 is 1.28. The molecule has 0 amide bonds. The van der Waals surface area contributed by atoms with Crippen LogP contribution in [0.3, 0.4) is 0 Å². The molecule has 0 N–H and O–H groups in total. The maximum absolute atomic E-state index is 14.1. The van der Waals surface area contributed by atoms with Gasteiger partial charge in [0.25, 0.3) is 5.56 Å². The monoisotopic (exact) mass is 576 g/mol. The van der Waals surface area contributed by atoms with E-state index in [1.54, 1.807) is 25.5 Å². The van der Waals surface area contributed by atoms with Crippen LogP contribution >= 0.6 is 11.3 Å². The first-order valence-electron chi connectivity index (χ1n) is 13.5. The summed E-state index contributed by atoms with van der Waals surface area (Å²) in [5.41, 5.74) is 4.74. The first-order valence-corrected chi connectivity index (χ1v) is 14.3. The highest BCUT2D eigenvalue weighted by atomic mass is 32.1. The standard InChI is InChI=1S/C33H28N4O4S/c1-4-41-32(39)28-21(2)34-33-37(30(28)23-15-17-26(40-3)18-16-23)31(38)27(42-33)19-24-20-36(25-13-9-6-10-14-25)35-29(24)22-11-7-5-8-12-22/h5-20,30H,4H2,1-3H3/b27-19+/t30-/m1/s1. The van der Waals surface area contributed by atoms with Crippen LogP contribution in [0.25, 0.3) is 23.0 Å². The predicted octanol–water partition coefficient (Wildman–Crippen LogP) is 4.66. The lowest BCUT2D eigenvalue weighted by Gasteiger charge is -2.24. The second-order valence-corrected chi connectivity index (χ2v) is 10.7. The number of carbonyl (C=O) groups excluding carboxylic acids is 1. The number of esters is 1. The summed E-state index contributed by atoms with van der Waals surface area (Å²) < 4.78 is 14.6. The molecule has 42 heavy (non-hydrogen) atoms. The third-order valence-electron chi connectivity index (χ3n) is 7.05. The number of carbonyl (C=O) groups is 1. The van der Waals surface area contributed by atoms with Gasteiger partial charge in [-0.3, -0.25) is 9.36 Å². The van der Waals surface area contributed by atoms with Crippen LogP contribution in [0.5, 0.6) is 5.75 Å². The molecule has 1 aliphatic rings. The molecule has 2 aromatic heterocycles. The Morgan fingerprint density at radius 2 is 1.69 bits per heavy atom. The number of para-hydroxylation sites is 1. The van der Waals surface area contributed by atoms with Gasteiger partial charge in [-0.2, -0.15) is 5.10 Å². The summed E-state index contributed by atoms with van der Waals surface area (Å²) in [7, 11) is 1.59. The quantitative estimate of drug-likeness (QED) is 0.263. The number of methoxy groups -OCH3 is 1. The Morgan fingerprint density at radius 1 is 1.00 bits per heavy atom. The summed E-state index contributed by atoms with van der Waals surface area (Å²) in [6, 6.07) is 26.3. The molecule has 0 bridgehead atoms. The molecule has 0 saturated heterocycles. The summed E-state index contributed by atoms with van der Waals surface area (Å²) in [6.07, 6.45) is 3.78. The van der Waals surface area contributed by atoms with Crippen molar-refractivity contribution in [1.82, 2.24) is 14.3 Å². The fourth-order valence-corrected chi connectivity index (χ4v) is 6.10. The van der Waals surface area contributed by atoms with E-state index in [0.29, 0.717) is 26.4 Å². The molecule has 3 aromatic carbocycles. The molecule has 210 valence electrons. The van der Waals surface area contributed by atoms with Crippen LogP contribution < -0.4 is 19.6 Å². The normalized spacial score (nSPS) is 14.8. The molecule has 8 nitrogen and oxygen atoms in total. The van der Waals surface area contributed by atoms with Crippen molar-refractivity contribution in [3.8, 4) is 22.7 Å². The Balaban J connectivity index is 1.55. The number of thiazole rings is 1. The zero-order valence-electron chi connectivity index (χ0n) is 23.4. The van der Waals surface area contributed by atoms with Crippen LogP contribution in [0, 0.1) is 0 Å². The first-order chi connectivity index (χ1) is 20.5. The van der Waals surface area contributed by atoms with Gasteiger partial charge in [0.15, 0.2) is 4.80 Å². The molecule has 3 heterocycles. The van der Waals surface area contributed by atoms with E-state index >= 15 is 0 Å². The second kappa shape index (κ2) is 11.5. The number of benzene rings is 3. The highest BCUT2D eigenvalue weighted by molar-refractivity contribution is 7.07. The minimum atomic E-state index is -0.700. The molecular weight excluding hydrogens is 548 g/mol. The summed E-state index contributed by atoms with van der Waals surface area (Å²) in [6.45, 7) is 3.74. The van der Waals surface area contributed by atoms with Crippen molar-refractivity contribution in [3.05, 3.63) is 133 Å². The average Bonchev–Trinajstić information content (AvgIpc) is 3.58. The van der Waals surface area contributed by atoms with Gasteiger partial charge in [-0.1, -0.05) is 72.0 Å². The molecule has 1 aliphatic heterocycles. The summed E-state index contributed by atoms with van der Waals surface area (Å²) in [5.74, 6) is 0.178. The van der Waals surface area contributed by atoms with Gasteiger partial charge in [0.2, 0.25) is 0 Å². The first kappa shape index (κ1) is 27.2. The molecule has 0 unspecified atom stereocenters. The van der Waals surface area contributed by atoms with Crippen molar-refractivity contribution in [2.24, 2.45) is 4.99 Å². The zero-order chi connectivity index (χ0) is 29.2. The van der Waals surface area contributed by atoms with E-state index in [1.165, 1.54) is 11.3 Å². The Hall–Kier alpha value is -5.02. The minimum Gasteiger partial charge on any atom is -0.497 e. The van der Waals surface area contributed by atoms with Gasteiger partial charge in [-0.15, -0.1) is 0 Å². The third-order valence-corrected chi connectivity index (χ3v) is 8.03. The number of ether oxygens (including phenoxy) is 2. The number of rotatable bonds is 7. The molecule has 0 radical (unpaired) electrons. The van der Waals surface area contributed by atoms with Crippen LogP contribution in [-0.2, 0) is 9.53 Å². The highest BCUT2D eigenvalue weighted by Crippen LogP contribution is 2.32. The lowest BCUT2D eigenvalue weighted by atomic mass is 9.96. The fraction of sp³-hybridized carbons (Fsp3) is 0.152. The van der Waals surface area contributed by atoms with E-state index in [4.69, 9.17) is 19.6 Å². The number of nitrogens with zero attached hydrogens (tertiary/aromatic N) is 4. The Bertz CT molecular complexity index is 1970. The molecular formula is C33H28N4O4S. The topological polar surface area (TPSA) is 87.7 Å². The average molecular weight is 577 g/mol. The van der Waals surface area contributed by atoms with E-state index in [0.717, 1.165) is 28.1 Å². The second-order valence-electron chi connectivity index (χ2n) is 9.65. The van der Waals surface area contributed by atoms with E-state index in [1.807, 2.05) is 102 Å². The summed E-state index contributed by atoms with van der Waals surface area (Å²) in [5, 5.41) is 4.88. The van der Waals surface area contributed by atoms with E-state index in [-0.39, 0.29) is 12.2 Å². The van der Waals surface area contributed by atoms with Crippen molar-refractivity contribution >= 4 is 23.4 Å². The lowest BCUT2D eigenvalue weighted by molar-refractivity contribution is -0.139. The van der Waals surface area contributed by atoms with Crippen LogP contribution in [0.15, 0.2) is 112 Å². The van der Waals surface area contributed by atoms with Gasteiger partial charge in [0, 0.05) is 17.3 Å². The van der Waals surface area contributed by atoms with Crippen molar-refractivity contribution in [1.29, 1.82) is 0 Å². The maximum atomic E-state index is 14.1. The number of allylic oxidation sites excluding steroid dienone is 1. The van der Waals surface area contributed by atoms with Crippen LogP contribution in [0.2, 0.25) is 0 Å². The molecule has 0 saturated carbocycles. The van der Waals surface area contributed by atoms with E-state index in [9.17, 15) is 9.59 Å². The van der Waals surface area contributed by atoms with E-state index < -0.39 is 12.0 Å². The number of fused-ring (bicyclic) bond motifs is 1. The summed E-state index contributed by atoms with van der Waals surface area (Å²) in [4.78, 5) is 32.5. The van der Waals surface area contributed by atoms with Crippen molar-refractivity contribution < 1.29 is 14.3 Å². The lowest BCUT2D eigenvalue weighted by Crippen LogP contribution is -2.39. The highest BCUT2D eigenvalue weighted by Gasteiger charge is 2.33. The third kappa shape index (κ3) is 4.99. The van der Waals surface area contributed by atoms with Gasteiger partial charge in [-0.05, 0) is 49.8 Å². The van der Waals surface area contributed by atoms with E-state index in [2.05, 4.69) is 0 Å². The largest absolute Gasteiger partial charge is 0.497 e. The van der Waals surface area contributed by atoms with Gasteiger partial charge in [-0.25, -0.2) is 14.5 Å². The van der Waals surface area contributed by atoms with Gasteiger partial charge < -0.3 is 9.47 Å². The fourth-order valence-electron chi connectivity index (χ4n) is 5.06. The molecule has 0 aliphatic carbocycles. The smallest absolute Gasteiger partial charge is 0.338 e. The van der Waals surface area contributed by atoms with Gasteiger partial charge in [0.05, 0.1) is 46.9 Å². The predicted molar refractivity (Wildman–Crippen MR) is 162 cm³/mol. The van der Waals surface area contributed by atoms with Crippen LogP contribution in [-0.4, -0.2) is 34.0 Å². The van der Waals surface area contributed by atoms with Crippen LogP contribution in [0.4, 0.5) is 0 Å². The number of aromatic nitrogens is 3. The molecule has 0 fully saturated rings. The van der Waals surface area contributed by atoms with Crippen LogP contribution in [0.1, 0.15) is 31.0 Å². The number of hydrogen-bond acceptors (Lipinski definition) is 7. The SMILES string of the molecule is CCOC(=O)C1=C(C)N=c2s/c(=C/c3cn(-c4ccccc4)nc3-c3ccccc3)c(=O)n2[C@@H]1c1ccc(OC)cc1. The van der Waals surface area contributed by atoms with Gasteiger partial charge in [0.1, 0.15) is 5.75 Å². The molecule has 0 spiro atoms. The Labute approximate surface area is 246 Å². The molecule has 6 rings (SSSR count). The minimum absolute atomic E-state index is 0.211. The van der Waals surface area contributed by atoms with Crippen molar-refractivity contribution in [2.45, 2.75) is 19.9 Å². The zero-order valence-corrected chi connectivity index (χ0v) is 24.2. The van der Waals surface area contributed by atoms with Crippen molar-refractivity contribution in [2.75, 3.05) is 13.7 Å².